The molecule has 0 bridgehead atoms. The number of halogens is 1. The van der Waals surface area contributed by atoms with E-state index in [9.17, 15) is 13.5 Å². The summed E-state index contributed by atoms with van der Waals surface area (Å²) in [5.74, 6) is 1.18. The van der Waals surface area contributed by atoms with Gasteiger partial charge >= 0.3 is 0 Å². The fourth-order valence-electron chi connectivity index (χ4n) is 3.14. The van der Waals surface area contributed by atoms with Gasteiger partial charge < -0.3 is 24.8 Å². The van der Waals surface area contributed by atoms with Gasteiger partial charge in [0.15, 0.2) is 17.5 Å². The molecule has 0 radical (unpaired) electrons. The largest absolute Gasteiger partial charge is 0.504 e. The zero-order chi connectivity index (χ0) is 22.1. The molecule has 1 fully saturated rings. The highest BCUT2D eigenvalue weighted by molar-refractivity contribution is 14.0. The topological polar surface area (TPSA) is 104 Å². The summed E-state index contributed by atoms with van der Waals surface area (Å²) >= 11 is 0. The molecule has 178 valence electrons. The number of phenolic OH excluding ortho intramolecular Hbond substituents is 1. The molecule has 0 aliphatic carbocycles. The van der Waals surface area contributed by atoms with Crippen molar-refractivity contribution < 1.29 is 23.0 Å². The van der Waals surface area contributed by atoms with Crippen LogP contribution in [0, 0.1) is 0 Å². The molecule has 1 aromatic rings. The molecule has 1 aromatic carbocycles. The van der Waals surface area contributed by atoms with Gasteiger partial charge in [0.2, 0.25) is 10.0 Å². The Bertz CT molecular complexity index is 812. The van der Waals surface area contributed by atoms with Gasteiger partial charge in [0, 0.05) is 38.3 Å². The number of para-hydroxylation sites is 1. The molecule has 2 N–H and O–H groups in total. The number of piperazine rings is 1. The lowest BCUT2D eigenvalue weighted by Crippen LogP contribution is -2.54. The summed E-state index contributed by atoms with van der Waals surface area (Å²) in [7, 11) is -1.83. The Morgan fingerprint density at radius 3 is 2.52 bits per heavy atom. The first-order valence-corrected chi connectivity index (χ1v) is 11.9. The number of guanidine groups is 1. The highest BCUT2D eigenvalue weighted by atomic mass is 127. The van der Waals surface area contributed by atoms with Crippen molar-refractivity contribution in [2.45, 2.75) is 33.4 Å². The number of phenols is 1. The second kappa shape index (κ2) is 13.3. The number of nitrogens with zero attached hydrogens (tertiary/aromatic N) is 3. The molecule has 1 heterocycles. The summed E-state index contributed by atoms with van der Waals surface area (Å²) in [6.07, 6.45) is 0.0138. The van der Waals surface area contributed by atoms with Crippen LogP contribution in [0.15, 0.2) is 23.2 Å². The molecule has 9 nitrogen and oxygen atoms in total. The van der Waals surface area contributed by atoms with Gasteiger partial charge in [-0.15, -0.1) is 24.0 Å². The standard InChI is InChI=1S/C20H34N4O5S.HI/c1-5-21-20(22-15-17-7-6-8-18(28-4)19(17)25)23-9-11-24(12-10-23)30(26,27)14-13-29-16(2)3;/h6-8,16,25H,5,9-15H2,1-4H3,(H,21,22);1H. The van der Waals surface area contributed by atoms with Crippen LogP contribution in [0.1, 0.15) is 26.3 Å². The Morgan fingerprint density at radius 2 is 1.94 bits per heavy atom. The Labute approximate surface area is 202 Å². The van der Waals surface area contributed by atoms with Crippen LogP contribution in [0.25, 0.3) is 0 Å². The molecular weight excluding hydrogens is 535 g/mol. The maximum Gasteiger partial charge on any atom is 0.216 e. The molecule has 11 heteroatoms. The van der Waals surface area contributed by atoms with E-state index in [0.29, 0.717) is 50.0 Å². The molecule has 1 aliphatic rings. The number of ether oxygens (including phenoxy) is 2. The van der Waals surface area contributed by atoms with Gasteiger partial charge in [0.25, 0.3) is 0 Å². The lowest BCUT2D eigenvalue weighted by atomic mass is 10.2. The smallest absolute Gasteiger partial charge is 0.216 e. The molecule has 2 rings (SSSR count). The number of nitrogens with one attached hydrogen (secondary N) is 1. The predicted octanol–water partition coefficient (Wildman–Crippen LogP) is 1.86. The minimum Gasteiger partial charge on any atom is -0.504 e. The van der Waals surface area contributed by atoms with Crippen molar-refractivity contribution in [1.29, 1.82) is 0 Å². The van der Waals surface area contributed by atoms with E-state index in [1.807, 2.05) is 31.7 Å². The molecule has 0 atom stereocenters. The van der Waals surface area contributed by atoms with Crippen molar-refractivity contribution in [2.75, 3.05) is 52.2 Å². The van der Waals surface area contributed by atoms with Crippen LogP contribution in [-0.2, 0) is 21.3 Å². The Hall–Kier alpha value is -1.31. The molecular formula is C20H35IN4O5S. The van der Waals surface area contributed by atoms with Crippen LogP contribution in [-0.4, -0.2) is 87.0 Å². The first-order chi connectivity index (χ1) is 14.3. The lowest BCUT2D eigenvalue weighted by molar-refractivity contribution is 0.0904. The van der Waals surface area contributed by atoms with E-state index < -0.39 is 10.0 Å². The highest BCUT2D eigenvalue weighted by Crippen LogP contribution is 2.29. The Balaban J connectivity index is 0.00000480. The Kier molecular flexibility index (Phi) is 11.9. The summed E-state index contributed by atoms with van der Waals surface area (Å²) in [6, 6.07) is 5.30. The predicted molar refractivity (Wildman–Crippen MR) is 133 cm³/mol. The van der Waals surface area contributed by atoms with E-state index in [1.165, 1.54) is 11.4 Å². The zero-order valence-corrected chi connectivity index (χ0v) is 21.9. The molecule has 0 unspecified atom stereocenters. The van der Waals surface area contributed by atoms with Crippen molar-refractivity contribution >= 4 is 40.0 Å². The minimum absolute atomic E-state index is 0. The number of methoxy groups -OCH3 is 1. The number of hydrogen-bond acceptors (Lipinski definition) is 6. The maximum atomic E-state index is 12.5. The molecule has 0 spiro atoms. The van der Waals surface area contributed by atoms with Crippen molar-refractivity contribution in [3.05, 3.63) is 23.8 Å². The molecule has 1 aliphatic heterocycles. The number of benzene rings is 1. The molecule has 1 saturated heterocycles. The maximum absolute atomic E-state index is 12.5. The van der Waals surface area contributed by atoms with Crippen LogP contribution in [0.5, 0.6) is 11.5 Å². The van der Waals surface area contributed by atoms with Crippen LogP contribution in [0.4, 0.5) is 0 Å². The third-order valence-corrected chi connectivity index (χ3v) is 6.60. The quantitative estimate of drug-likeness (QED) is 0.266. The van der Waals surface area contributed by atoms with Crippen molar-refractivity contribution in [3.8, 4) is 11.5 Å². The fraction of sp³-hybridized carbons (Fsp3) is 0.650. The normalized spacial score (nSPS) is 15.6. The summed E-state index contributed by atoms with van der Waals surface area (Å²) in [5, 5.41) is 13.5. The van der Waals surface area contributed by atoms with Crippen molar-refractivity contribution in [1.82, 2.24) is 14.5 Å². The van der Waals surface area contributed by atoms with E-state index in [1.54, 1.807) is 12.1 Å². The van der Waals surface area contributed by atoms with E-state index in [-0.39, 0.29) is 54.7 Å². The van der Waals surface area contributed by atoms with E-state index in [4.69, 9.17) is 9.47 Å². The number of rotatable bonds is 9. The van der Waals surface area contributed by atoms with Gasteiger partial charge in [0.1, 0.15) is 0 Å². The number of sulfonamides is 1. The van der Waals surface area contributed by atoms with E-state index >= 15 is 0 Å². The van der Waals surface area contributed by atoms with Crippen molar-refractivity contribution in [2.24, 2.45) is 4.99 Å². The van der Waals surface area contributed by atoms with E-state index in [2.05, 4.69) is 10.3 Å². The summed E-state index contributed by atoms with van der Waals surface area (Å²) in [4.78, 5) is 6.67. The lowest BCUT2D eigenvalue weighted by Gasteiger charge is -2.36. The summed E-state index contributed by atoms with van der Waals surface area (Å²) < 4.78 is 37.1. The van der Waals surface area contributed by atoms with Crippen LogP contribution >= 0.6 is 24.0 Å². The van der Waals surface area contributed by atoms with Gasteiger partial charge in [-0.3, -0.25) is 0 Å². The first kappa shape index (κ1) is 27.7. The third kappa shape index (κ3) is 8.28. The van der Waals surface area contributed by atoms with Gasteiger partial charge in [-0.25, -0.2) is 13.4 Å². The Morgan fingerprint density at radius 1 is 1.26 bits per heavy atom. The van der Waals surface area contributed by atoms with Gasteiger partial charge in [-0.05, 0) is 26.8 Å². The minimum atomic E-state index is -3.33. The van der Waals surface area contributed by atoms with Crippen molar-refractivity contribution in [3.63, 3.8) is 0 Å². The van der Waals surface area contributed by atoms with Gasteiger partial charge in [-0.1, -0.05) is 12.1 Å². The van der Waals surface area contributed by atoms with Crippen LogP contribution in [0.2, 0.25) is 0 Å². The number of hydrogen-bond donors (Lipinski definition) is 2. The van der Waals surface area contributed by atoms with Gasteiger partial charge in [0.05, 0.1) is 32.1 Å². The fourth-order valence-corrected chi connectivity index (χ4v) is 4.43. The second-order valence-electron chi connectivity index (χ2n) is 7.26. The zero-order valence-electron chi connectivity index (χ0n) is 18.7. The average Bonchev–Trinajstić information content (AvgIpc) is 2.71. The average molecular weight is 570 g/mol. The molecule has 0 amide bonds. The highest BCUT2D eigenvalue weighted by Gasteiger charge is 2.28. The molecule has 31 heavy (non-hydrogen) atoms. The SMILES string of the molecule is CCNC(=NCc1cccc(OC)c1O)N1CCN(S(=O)(=O)CCOC(C)C)CC1.I. The monoisotopic (exact) mass is 570 g/mol. The summed E-state index contributed by atoms with van der Waals surface area (Å²) in [5.41, 5.74) is 0.663. The van der Waals surface area contributed by atoms with Crippen LogP contribution < -0.4 is 10.1 Å². The van der Waals surface area contributed by atoms with Gasteiger partial charge in [-0.2, -0.15) is 4.31 Å². The van der Waals surface area contributed by atoms with E-state index in [0.717, 1.165) is 0 Å². The summed E-state index contributed by atoms with van der Waals surface area (Å²) in [6.45, 7) is 8.82. The molecule has 0 saturated carbocycles. The van der Waals surface area contributed by atoms with Crippen LogP contribution in [0.3, 0.4) is 0 Å². The first-order valence-electron chi connectivity index (χ1n) is 10.3. The molecule has 0 aromatic heterocycles. The number of aromatic hydroxyl groups is 1. The third-order valence-electron chi connectivity index (χ3n) is 4.76. The number of aliphatic imine (C=N–C) groups is 1. The second-order valence-corrected chi connectivity index (χ2v) is 9.35.